The van der Waals surface area contributed by atoms with Crippen molar-refractivity contribution < 1.29 is 4.79 Å². The molecule has 2 N–H and O–H groups in total. The van der Waals surface area contributed by atoms with E-state index < -0.39 is 0 Å². The smallest absolute Gasteiger partial charge is 0.237 e. The fraction of sp³-hybridized carbons (Fsp3) is 0.947. The molecule has 0 radical (unpaired) electrons. The predicted molar refractivity (Wildman–Crippen MR) is 99.4 cm³/mol. The van der Waals surface area contributed by atoms with Crippen LogP contribution in [0.1, 0.15) is 51.4 Å². The monoisotopic (exact) mass is 355 g/mol. The molecule has 2 saturated carbocycles. The van der Waals surface area contributed by atoms with E-state index in [2.05, 4.69) is 15.5 Å². The van der Waals surface area contributed by atoms with Crippen molar-refractivity contribution in [2.45, 2.75) is 57.4 Å². The highest BCUT2D eigenvalue weighted by Crippen LogP contribution is 2.48. The highest BCUT2D eigenvalue weighted by molar-refractivity contribution is 5.85. The van der Waals surface area contributed by atoms with Crippen molar-refractivity contribution >= 4 is 18.3 Å². The first-order valence-electron chi connectivity index (χ1n) is 10.0. The number of hydrogen-bond donors (Lipinski definition) is 2. The van der Waals surface area contributed by atoms with Gasteiger partial charge in [0.05, 0.1) is 6.04 Å². The number of nitrogens with one attached hydrogen (secondary N) is 2. The quantitative estimate of drug-likeness (QED) is 0.796. The number of carbonyl (C=O) groups is 1. The largest absolute Gasteiger partial charge is 0.354 e. The van der Waals surface area contributed by atoms with Gasteiger partial charge in [0.2, 0.25) is 5.91 Å². The molecular weight excluding hydrogens is 322 g/mol. The summed E-state index contributed by atoms with van der Waals surface area (Å²) in [5.41, 5.74) is 0. The van der Waals surface area contributed by atoms with E-state index in [1.807, 2.05) is 0 Å². The zero-order chi connectivity index (χ0) is 15.6. The molecule has 5 unspecified atom stereocenters. The maximum atomic E-state index is 12.1. The van der Waals surface area contributed by atoms with Gasteiger partial charge in [0.1, 0.15) is 0 Å². The molecule has 24 heavy (non-hydrogen) atoms. The number of halogens is 1. The number of hydrogen-bond acceptors (Lipinski definition) is 3. The van der Waals surface area contributed by atoms with E-state index >= 15 is 0 Å². The van der Waals surface area contributed by atoms with Crippen LogP contribution in [0.15, 0.2) is 0 Å². The summed E-state index contributed by atoms with van der Waals surface area (Å²) in [5, 5.41) is 6.50. The van der Waals surface area contributed by atoms with Crippen LogP contribution in [0.25, 0.3) is 0 Å². The van der Waals surface area contributed by atoms with Gasteiger partial charge in [0.15, 0.2) is 0 Å². The van der Waals surface area contributed by atoms with Crippen molar-refractivity contribution in [1.82, 2.24) is 15.5 Å². The van der Waals surface area contributed by atoms with Crippen molar-refractivity contribution in [2.24, 2.45) is 23.7 Å². The molecule has 4 rings (SSSR count). The molecular formula is C19H34ClN3O. The van der Waals surface area contributed by atoms with Crippen LogP contribution in [0.3, 0.4) is 0 Å². The molecule has 0 aromatic heterocycles. The molecule has 2 heterocycles. The Bertz CT molecular complexity index is 427. The summed E-state index contributed by atoms with van der Waals surface area (Å²) < 4.78 is 0. The van der Waals surface area contributed by atoms with Crippen molar-refractivity contribution in [3.63, 3.8) is 0 Å². The van der Waals surface area contributed by atoms with Crippen LogP contribution in [-0.2, 0) is 4.79 Å². The van der Waals surface area contributed by atoms with Gasteiger partial charge in [-0.15, -0.1) is 12.4 Å². The minimum absolute atomic E-state index is 0. The second-order valence-corrected chi connectivity index (χ2v) is 8.60. The lowest BCUT2D eigenvalue weighted by molar-refractivity contribution is -0.123. The molecule has 0 aromatic rings. The minimum atomic E-state index is 0. The first kappa shape index (κ1) is 18.5. The third-order valence-electron chi connectivity index (χ3n) is 6.92. The number of fused-ring (bicyclic) bond motifs is 2. The number of likely N-dealkylation sites (tertiary alicyclic amines) is 1. The summed E-state index contributed by atoms with van der Waals surface area (Å²) in [6.45, 7) is 5.69. The Hall–Kier alpha value is -0.320. The molecule has 5 heteroatoms. The first-order valence-corrected chi connectivity index (χ1v) is 10.0. The lowest BCUT2D eigenvalue weighted by atomic mass is 9.87. The van der Waals surface area contributed by atoms with Gasteiger partial charge < -0.3 is 15.5 Å². The Kier molecular flexibility index (Phi) is 6.44. The van der Waals surface area contributed by atoms with E-state index in [9.17, 15) is 4.79 Å². The molecule has 2 aliphatic carbocycles. The summed E-state index contributed by atoms with van der Waals surface area (Å²) in [7, 11) is 0. The Morgan fingerprint density at radius 1 is 1.12 bits per heavy atom. The van der Waals surface area contributed by atoms with E-state index in [-0.39, 0.29) is 24.4 Å². The number of piperidine rings is 1. The highest BCUT2D eigenvalue weighted by Gasteiger charge is 2.40. The average Bonchev–Trinajstić information content (AvgIpc) is 3.30. The summed E-state index contributed by atoms with van der Waals surface area (Å²) in [6.07, 6.45) is 10.8. The van der Waals surface area contributed by atoms with E-state index in [1.165, 1.54) is 58.2 Å². The van der Waals surface area contributed by atoms with Gasteiger partial charge >= 0.3 is 0 Å². The molecule has 138 valence electrons. The topological polar surface area (TPSA) is 44.4 Å². The fourth-order valence-corrected chi connectivity index (χ4v) is 5.69. The number of amides is 1. The van der Waals surface area contributed by atoms with Crippen LogP contribution in [0, 0.1) is 23.7 Å². The lowest BCUT2D eigenvalue weighted by Gasteiger charge is -2.36. The van der Waals surface area contributed by atoms with Crippen LogP contribution < -0.4 is 10.6 Å². The summed E-state index contributed by atoms with van der Waals surface area (Å²) in [5.74, 6) is 3.96. The Balaban J connectivity index is 0.00000169. The Morgan fingerprint density at radius 2 is 2.04 bits per heavy atom. The third kappa shape index (κ3) is 4.25. The zero-order valence-electron chi connectivity index (χ0n) is 14.8. The Labute approximate surface area is 152 Å². The van der Waals surface area contributed by atoms with Crippen LogP contribution in [0.5, 0.6) is 0 Å². The van der Waals surface area contributed by atoms with Crippen molar-refractivity contribution in [1.29, 1.82) is 0 Å². The maximum absolute atomic E-state index is 12.1. The van der Waals surface area contributed by atoms with Crippen LogP contribution in [0.2, 0.25) is 0 Å². The van der Waals surface area contributed by atoms with Crippen LogP contribution in [0.4, 0.5) is 0 Å². The van der Waals surface area contributed by atoms with Crippen molar-refractivity contribution in [2.75, 3.05) is 32.7 Å². The minimum Gasteiger partial charge on any atom is -0.354 e. The van der Waals surface area contributed by atoms with Gasteiger partial charge in [-0.2, -0.15) is 0 Å². The molecule has 5 atom stereocenters. The molecule has 2 aliphatic heterocycles. The van der Waals surface area contributed by atoms with Gasteiger partial charge in [-0.3, -0.25) is 4.79 Å². The first-order chi connectivity index (χ1) is 11.3. The third-order valence-corrected chi connectivity index (χ3v) is 6.92. The van der Waals surface area contributed by atoms with Crippen molar-refractivity contribution in [3.8, 4) is 0 Å². The second kappa shape index (κ2) is 8.37. The molecule has 2 saturated heterocycles. The van der Waals surface area contributed by atoms with E-state index in [4.69, 9.17) is 0 Å². The van der Waals surface area contributed by atoms with E-state index in [1.54, 1.807) is 0 Å². The van der Waals surface area contributed by atoms with E-state index in [0.29, 0.717) is 5.92 Å². The normalized spacial score (nSPS) is 38.9. The summed E-state index contributed by atoms with van der Waals surface area (Å²) in [4.78, 5) is 14.9. The molecule has 0 spiro atoms. The molecule has 2 bridgehead atoms. The SMILES string of the molecule is Cl.O=C(NCC1CCCN(CC2CC3CCC2C3)C1)C1CCCN1. The second-order valence-electron chi connectivity index (χ2n) is 8.60. The zero-order valence-corrected chi connectivity index (χ0v) is 15.7. The van der Waals surface area contributed by atoms with Gasteiger partial charge in [-0.05, 0) is 81.7 Å². The molecule has 4 fully saturated rings. The van der Waals surface area contributed by atoms with Gasteiger partial charge in [0.25, 0.3) is 0 Å². The average molecular weight is 356 g/mol. The number of nitrogens with zero attached hydrogens (tertiary/aromatic N) is 1. The summed E-state index contributed by atoms with van der Waals surface area (Å²) in [6, 6.07) is 0.0729. The highest BCUT2D eigenvalue weighted by atomic mass is 35.5. The molecule has 4 nitrogen and oxygen atoms in total. The summed E-state index contributed by atoms with van der Waals surface area (Å²) >= 11 is 0. The Morgan fingerprint density at radius 3 is 2.75 bits per heavy atom. The molecule has 4 aliphatic rings. The molecule has 1 amide bonds. The number of rotatable bonds is 5. The number of carbonyl (C=O) groups excluding carboxylic acids is 1. The van der Waals surface area contributed by atoms with Crippen LogP contribution in [-0.4, -0.2) is 49.6 Å². The lowest BCUT2D eigenvalue weighted by Crippen LogP contribution is -2.46. The predicted octanol–water partition coefficient (Wildman–Crippen LogP) is 2.42. The van der Waals surface area contributed by atoms with Crippen molar-refractivity contribution in [3.05, 3.63) is 0 Å². The fourth-order valence-electron chi connectivity index (χ4n) is 5.69. The van der Waals surface area contributed by atoms with Gasteiger partial charge in [0, 0.05) is 19.6 Å². The van der Waals surface area contributed by atoms with Gasteiger partial charge in [-0.1, -0.05) is 6.42 Å². The maximum Gasteiger partial charge on any atom is 0.237 e. The van der Waals surface area contributed by atoms with E-state index in [0.717, 1.165) is 43.7 Å². The van der Waals surface area contributed by atoms with Gasteiger partial charge in [-0.25, -0.2) is 0 Å². The van der Waals surface area contributed by atoms with Crippen LogP contribution >= 0.6 is 12.4 Å². The molecule has 0 aromatic carbocycles. The standard InChI is InChI=1S/C19H33N3O.ClH/c23-19(18-4-1-7-20-18)21-11-15-3-2-8-22(12-15)13-17-10-14-5-6-16(17)9-14;/h14-18,20H,1-13H2,(H,21,23);1H.